The van der Waals surface area contributed by atoms with Gasteiger partial charge in [-0.1, -0.05) is 0 Å². The molecule has 2 amide bonds. The Labute approximate surface area is 114 Å². The molecule has 0 aromatic carbocycles. The number of piperidine rings is 1. The SMILES string of the molecule is CC1(NCC(=O)N2CCCC(C(N)=O)C2)CCNC1. The second-order valence-corrected chi connectivity index (χ2v) is 5.92. The minimum atomic E-state index is -0.294. The molecule has 2 rings (SSSR count). The summed E-state index contributed by atoms with van der Waals surface area (Å²) < 4.78 is 0. The first kappa shape index (κ1) is 14.3. The zero-order valence-corrected chi connectivity index (χ0v) is 11.6. The highest BCUT2D eigenvalue weighted by Crippen LogP contribution is 2.17. The van der Waals surface area contributed by atoms with E-state index in [1.165, 1.54) is 0 Å². The van der Waals surface area contributed by atoms with Crippen molar-refractivity contribution in [1.29, 1.82) is 0 Å². The van der Waals surface area contributed by atoms with Crippen molar-refractivity contribution in [2.24, 2.45) is 11.7 Å². The molecule has 0 aromatic rings. The molecular weight excluding hydrogens is 244 g/mol. The van der Waals surface area contributed by atoms with Gasteiger partial charge in [0.05, 0.1) is 12.5 Å². The molecule has 19 heavy (non-hydrogen) atoms. The maximum Gasteiger partial charge on any atom is 0.236 e. The highest BCUT2D eigenvalue weighted by Gasteiger charge is 2.31. The van der Waals surface area contributed by atoms with Gasteiger partial charge < -0.3 is 21.3 Å². The van der Waals surface area contributed by atoms with E-state index in [1.807, 2.05) is 0 Å². The standard InChI is InChI=1S/C13H24N4O2/c1-13(4-5-15-9-13)16-7-11(18)17-6-2-3-10(8-17)12(14)19/h10,15-16H,2-9H2,1H3,(H2,14,19). The molecule has 4 N–H and O–H groups in total. The fraction of sp³-hybridized carbons (Fsp3) is 0.846. The monoisotopic (exact) mass is 268 g/mol. The van der Waals surface area contributed by atoms with Gasteiger partial charge in [-0.15, -0.1) is 0 Å². The normalized spacial score (nSPS) is 31.4. The van der Waals surface area contributed by atoms with E-state index in [4.69, 9.17) is 5.73 Å². The summed E-state index contributed by atoms with van der Waals surface area (Å²) in [5, 5.41) is 6.62. The predicted octanol–water partition coefficient (Wildman–Crippen LogP) is -0.948. The lowest BCUT2D eigenvalue weighted by atomic mass is 9.97. The van der Waals surface area contributed by atoms with E-state index in [2.05, 4.69) is 17.6 Å². The molecule has 2 aliphatic rings. The van der Waals surface area contributed by atoms with Gasteiger partial charge in [0.15, 0.2) is 0 Å². The smallest absolute Gasteiger partial charge is 0.236 e. The van der Waals surface area contributed by atoms with E-state index in [9.17, 15) is 9.59 Å². The molecule has 2 fully saturated rings. The number of hydrogen-bond donors (Lipinski definition) is 3. The number of nitrogens with two attached hydrogens (primary N) is 1. The molecule has 2 unspecified atom stereocenters. The Morgan fingerprint density at radius 3 is 2.95 bits per heavy atom. The molecule has 2 heterocycles. The van der Waals surface area contributed by atoms with E-state index < -0.39 is 0 Å². The Bertz CT molecular complexity index is 353. The second kappa shape index (κ2) is 5.88. The molecule has 0 aromatic heterocycles. The first-order chi connectivity index (χ1) is 9.00. The van der Waals surface area contributed by atoms with Gasteiger partial charge in [0, 0.05) is 25.2 Å². The Morgan fingerprint density at radius 1 is 1.53 bits per heavy atom. The number of rotatable bonds is 4. The highest BCUT2D eigenvalue weighted by atomic mass is 16.2. The molecule has 2 saturated heterocycles. The van der Waals surface area contributed by atoms with Crippen molar-refractivity contribution < 1.29 is 9.59 Å². The Kier molecular flexibility index (Phi) is 4.42. The van der Waals surface area contributed by atoms with Crippen LogP contribution in [0.25, 0.3) is 0 Å². The van der Waals surface area contributed by atoms with Gasteiger partial charge in [0.25, 0.3) is 0 Å². The molecule has 0 spiro atoms. The lowest BCUT2D eigenvalue weighted by Crippen LogP contribution is -2.51. The molecule has 2 aliphatic heterocycles. The zero-order chi connectivity index (χ0) is 13.9. The number of primary amides is 1. The summed E-state index contributed by atoms with van der Waals surface area (Å²) in [4.78, 5) is 25.1. The minimum absolute atomic E-state index is 0.00847. The maximum atomic E-state index is 12.2. The van der Waals surface area contributed by atoms with Crippen molar-refractivity contribution >= 4 is 11.8 Å². The van der Waals surface area contributed by atoms with Crippen LogP contribution in [0.15, 0.2) is 0 Å². The molecule has 6 nitrogen and oxygen atoms in total. The Balaban J connectivity index is 1.80. The van der Waals surface area contributed by atoms with Crippen LogP contribution in [0.4, 0.5) is 0 Å². The number of nitrogens with zero attached hydrogens (tertiary/aromatic N) is 1. The van der Waals surface area contributed by atoms with E-state index >= 15 is 0 Å². The van der Waals surface area contributed by atoms with Crippen molar-refractivity contribution in [2.45, 2.75) is 31.7 Å². The lowest BCUT2D eigenvalue weighted by Gasteiger charge is -2.32. The van der Waals surface area contributed by atoms with E-state index in [-0.39, 0.29) is 23.3 Å². The molecule has 0 aliphatic carbocycles. The number of carbonyl (C=O) groups excluding carboxylic acids is 2. The third kappa shape index (κ3) is 3.67. The van der Waals surface area contributed by atoms with Crippen LogP contribution in [-0.2, 0) is 9.59 Å². The lowest BCUT2D eigenvalue weighted by molar-refractivity contribution is -0.134. The van der Waals surface area contributed by atoms with Crippen LogP contribution in [0.3, 0.4) is 0 Å². The Morgan fingerprint density at radius 2 is 2.32 bits per heavy atom. The molecule has 0 bridgehead atoms. The summed E-state index contributed by atoms with van der Waals surface area (Å²) in [5.41, 5.74) is 5.33. The van der Waals surface area contributed by atoms with Gasteiger partial charge in [0.1, 0.15) is 0 Å². The van der Waals surface area contributed by atoms with Crippen LogP contribution in [-0.4, -0.2) is 55.0 Å². The molecule has 108 valence electrons. The maximum absolute atomic E-state index is 12.2. The number of hydrogen-bond acceptors (Lipinski definition) is 4. The first-order valence-corrected chi connectivity index (χ1v) is 7.03. The summed E-state index contributed by atoms with van der Waals surface area (Å²) >= 11 is 0. The van der Waals surface area contributed by atoms with Crippen LogP contribution < -0.4 is 16.4 Å². The molecular formula is C13H24N4O2. The van der Waals surface area contributed by atoms with E-state index in [1.54, 1.807) is 4.90 Å². The van der Waals surface area contributed by atoms with Crippen LogP contribution in [0.5, 0.6) is 0 Å². The topological polar surface area (TPSA) is 87.5 Å². The van der Waals surface area contributed by atoms with Crippen LogP contribution in [0.1, 0.15) is 26.2 Å². The summed E-state index contributed by atoms with van der Waals surface area (Å²) in [6.07, 6.45) is 2.69. The van der Waals surface area contributed by atoms with Crippen LogP contribution in [0, 0.1) is 5.92 Å². The number of amides is 2. The molecule has 0 saturated carbocycles. The molecule has 2 atom stereocenters. The van der Waals surface area contributed by atoms with Gasteiger partial charge in [-0.2, -0.15) is 0 Å². The fourth-order valence-corrected chi connectivity index (χ4v) is 2.80. The predicted molar refractivity (Wildman–Crippen MR) is 72.4 cm³/mol. The summed E-state index contributed by atoms with van der Waals surface area (Å²) in [7, 11) is 0. The zero-order valence-electron chi connectivity index (χ0n) is 11.6. The Hall–Kier alpha value is -1.14. The third-order valence-electron chi connectivity index (χ3n) is 4.21. The summed E-state index contributed by atoms with van der Waals surface area (Å²) in [6, 6.07) is 0. The second-order valence-electron chi connectivity index (χ2n) is 5.92. The van der Waals surface area contributed by atoms with Crippen LogP contribution >= 0.6 is 0 Å². The largest absolute Gasteiger partial charge is 0.369 e. The van der Waals surface area contributed by atoms with E-state index in [0.717, 1.165) is 38.9 Å². The van der Waals surface area contributed by atoms with Crippen molar-refractivity contribution in [3.8, 4) is 0 Å². The van der Waals surface area contributed by atoms with Gasteiger partial charge in [-0.3, -0.25) is 9.59 Å². The van der Waals surface area contributed by atoms with Crippen LogP contribution in [0.2, 0.25) is 0 Å². The molecule has 6 heteroatoms. The molecule has 0 radical (unpaired) electrons. The number of nitrogens with one attached hydrogen (secondary N) is 2. The number of carbonyl (C=O) groups is 2. The van der Waals surface area contributed by atoms with Gasteiger partial charge in [-0.05, 0) is 32.7 Å². The highest BCUT2D eigenvalue weighted by molar-refractivity contribution is 5.81. The average molecular weight is 268 g/mol. The number of likely N-dealkylation sites (tertiary alicyclic amines) is 1. The summed E-state index contributed by atoms with van der Waals surface area (Å²) in [5.74, 6) is -0.405. The fourth-order valence-electron chi connectivity index (χ4n) is 2.80. The average Bonchev–Trinajstić information content (AvgIpc) is 2.83. The first-order valence-electron chi connectivity index (χ1n) is 7.03. The van der Waals surface area contributed by atoms with Gasteiger partial charge in [0.2, 0.25) is 11.8 Å². The third-order valence-corrected chi connectivity index (χ3v) is 4.21. The minimum Gasteiger partial charge on any atom is -0.369 e. The van der Waals surface area contributed by atoms with E-state index in [0.29, 0.717) is 13.1 Å². The van der Waals surface area contributed by atoms with Gasteiger partial charge in [-0.25, -0.2) is 0 Å². The van der Waals surface area contributed by atoms with Gasteiger partial charge >= 0.3 is 0 Å². The quantitative estimate of drug-likeness (QED) is 0.613. The van der Waals surface area contributed by atoms with Crippen molar-refractivity contribution in [3.63, 3.8) is 0 Å². The van der Waals surface area contributed by atoms with Crippen molar-refractivity contribution in [2.75, 3.05) is 32.7 Å². The van der Waals surface area contributed by atoms with Crippen molar-refractivity contribution in [3.05, 3.63) is 0 Å². The van der Waals surface area contributed by atoms with Crippen molar-refractivity contribution in [1.82, 2.24) is 15.5 Å². The summed E-state index contributed by atoms with van der Waals surface area (Å²) in [6.45, 7) is 5.56.